The molecule has 0 aliphatic rings. The second-order valence-corrected chi connectivity index (χ2v) is 22.5. The number of benzene rings is 1. The summed E-state index contributed by atoms with van der Waals surface area (Å²) in [7, 11) is 19.6. The molecule has 0 saturated heterocycles. The van der Waals surface area contributed by atoms with Crippen LogP contribution in [-0.4, -0.2) is 152 Å². The van der Waals surface area contributed by atoms with Gasteiger partial charge in [0.2, 0.25) is 11.8 Å². The fraction of sp³-hybridized carbons (Fsp3) is 0.317. The standard InChI is InChI=1S/C33H44N10O5.C30H34N10O4/c1-21-13-25(40(4)17-21)31(46)36-23-15-27(42(6)19-23)33(48)38-24-16-28(43(7)20-24)32(47)37-22-14-26(41(5)18-22)30(45)35-11-9-29(44)34-10-8-12-39(2)3;1-31-25(41)7-6-10-33-28(42)18-8-9-22-21(13-18)36-26(40(22)5)23-14-19(16-38(23)3)34-29(43)24-15-20(17-39(24)4)35-30(44)27-32-11-12-37(27)2/h13-20H,8-12H2,1-7H3,(H,34,44)(H,35,45)(H,36,46)(H,37,47)(H,38,48);8-9,11-17H,6-7,10H2,1-5H3,(H,31,41)(H,33,42)(H,34,43)(H,35,44). The number of carbonyl (C=O) groups excluding carboxylic acids is 9. The number of nitrogens with one attached hydrogen (secondary N) is 9. The predicted molar refractivity (Wildman–Crippen MR) is 349 cm³/mol. The Morgan fingerprint density at radius 3 is 1.42 bits per heavy atom. The van der Waals surface area contributed by atoms with Crippen molar-refractivity contribution in [2.45, 2.75) is 32.6 Å². The number of hydrogen-bond acceptors (Lipinski definition) is 12. The van der Waals surface area contributed by atoms with Gasteiger partial charge in [-0.3, -0.25) is 43.2 Å². The number of nitrogens with zero attached hydrogens (tertiary/aromatic N) is 11. The van der Waals surface area contributed by atoms with Gasteiger partial charge in [0.1, 0.15) is 28.5 Å². The average Bonchev–Trinajstić information content (AvgIpc) is 1.64. The first-order valence-corrected chi connectivity index (χ1v) is 29.4. The molecule has 9 aromatic rings. The van der Waals surface area contributed by atoms with Gasteiger partial charge in [-0.15, -0.1) is 0 Å². The van der Waals surface area contributed by atoms with Crippen molar-refractivity contribution in [2.24, 2.45) is 56.4 Å². The van der Waals surface area contributed by atoms with E-state index in [4.69, 9.17) is 4.98 Å². The molecule has 0 aliphatic carbocycles. The van der Waals surface area contributed by atoms with Crippen LogP contribution >= 0.6 is 0 Å². The van der Waals surface area contributed by atoms with Crippen molar-refractivity contribution in [3.8, 4) is 11.5 Å². The third kappa shape index (κ3) is 16.5. The molecule has 0 unspecified atom stereocenters. The highest BCUT2D eigenvalue weighted by Gasteiger charge is 2.23. The lowest BCUT2D eigenvalue weighted by Gasteiger charge is -2.10. The lowest BCUT2D eigenvalue weighted by atomic mass is 10.2. The molecule has 9 rings (SSSR count). The lowest BCUT2D eigenvalue weighted by molar-refractivity contribution is -0.121. The molecule has 9 N–H and O–H groups in total. The summed E-state index contributed by atoms with van der Waals surface area (Å²) in [6, 6.07) is 15.2. The van der Waals surface area contributed by atoms with Crippen molar-refractivity contribution < 1.29 is 43.2 Å². The Morgan fingerprint density at radius 2 is 0.935 bits per heavy atom. The van der Waals surface area contributed by atoms with E-state index >= 15 is 0 Å². The summed E-state index contributed by atoms with van der Waals surface area (Å²) < 4.78 is 13.5. The topological polar surface area (TPSA) is 330 Å². The minimum atomic E-state index is -0.443. The van der Waals surface area contributed by atoms with E-state index in [0.717, 1.165) is 29.7 Å². The zero-order chi connectivity index (χ0) is 66.7. The zero-order valence-electron chi connectivity index (χ0n) is 53.6. The monoisotopic (exact) mass is 1260 g/mol. The second kappa shape index (κ2) is 29.4. The van der Waals surface area contributed by atoms with Crippen LogP contribution in [0.4, 0.5) is 28.4 Å². The molecule has 9 amide bonds. The molecule has 0 spiro atoms. The summed E-state index contributed by atoms with van der Waals surface area (Å²) in [4.78, 5) is 124. The summed E-state index contributed by atoms with van der Waals surface area (Å²) in [5.41, 5.74) is 7.72. The molecule has 29 nitrogen and oxygen atoms in total. The van der Waals surface area contributed by atoms with E-state index < -0.39 is 11.8 Å². The van der Waals surface area contributed by atoms with Gasteiger partial charge in [-0.2, -0.15) is 0 Å². The summed E-state index contributed by atoms with van der Waals surface area (Å²) in [6.45, 7) is 3.92. The number of fused-ring (bicyclic) bond motifs is 1. The maximum atomic E-state index is 13.2. The van der Waals surface area contributed by atoms with Crippen molar-refractivity contribution in [2.75, 3.05) is 73.9 Å². The molecule has 1 aromatic carbocycles. The van der Waals surface area contributed by atoms with Crippen LogP contribution in [0, 0.1) is 6.92 Å². The highest BCUT2D eigenvalue weighted by atomic mass is 16.2. The molecule has 0 atom stereocenters. The van der Waals surface area contributed by atoms with Gasteiger partial charge in [0.15, 0.2) is 11.6 Å². The fourth-order valence-electron chi connectivity index (χ4n) is 10.1. The minimum Gasteiger partial charge on any atom is -0.359 e. The molecular weight excluding hydrogens is 1180 g/mol. The SMILES string of the molecule is CNC(=O)CCCNC(=O)c1ccc2c(c1)nc(-c1cc(NC(=O)c3cc(NC(=O)c4nccn4C)cn3C)cn1C)n2C.Cc1cc(C(=O)Nc2cc(C(=O)Nc3cc(C(=O)Nc4cc(C(=O)NCCC(=O)NCCCN(C)C)n(C)c4)n(C)c3)n(C)c2)n(C)c1. The molecular formula is C63H78N20O9. The van der Waals surface area contributed by atoms with E-state index in [1.165, 1.54) is 6.20 Å². The first kappa shape index (κ1) is 66.7. The first-order valence-electron chi connectivity index (χ1n) is 29.4. The number of carbonyl (C=O) groups is 9. The molecule has 29 heteroatoms. The van der Waals surface area contributed by atoms with E-state index in [1.807, 2.05) is 67.5 Å². The average molecular weight is 1260 g/mol. The number of rotatable bonds is 24. The van der Waals surface area contributed by atoms with Gasteiger partial charge in [-0.05, 0) is 101 Å². The second-order valence-electron chi connectivity index (χ2n) is 22.5. The van der Waals surface area contributed by atoms with Crippen molar-refractivity contribution in [1.82, 2.24) is 72.7 Å². The smallest absolute Gasteiger partial charge is 0.291 e. The van der Waals surface area contributed by atoms with Gasteiger partial charge in [0.05, 0.1) is 45.2 Å². The van der Waals surface area contributed by atoms with Crippen molar-refractivity contribution in [3.63, 3.8) is 0 Å². The van der Waals surface area contributed by atoms with Crippen molar-refractivity contribution in [1.29, 1.82) is 0 Å². The zero-order valence-corrected chi connectivity index (χ0v) is 53.6. The van der Waals surface area contributed by atoms with E-state index in [-0.39, 0.29) is 65.8 Å². The molecule has 8 aromatic heterocycles. The molecule has 0 radical (unpaired) electrons. The Hall–Kier alpha value is -11.2. The Labute approximate surface area is 530 Å². The Morgan fingerprint density at radius 1 is 0.467 bits per heavy atom. The van der Waals surface area contributed by atoms with Crippen LogP contribution in [0.15, 0.2) is 104 Å². The molecule has 92 heavy (non-hydrogen) atoms. The van der Waals surface area contributed by atoms with E-state index in [2.05, 4.69) is 52.8 Å². The summed E-state index contributed by atoms with van der Waals surface area (Å²) in [5.74, 6) is -1.79. The number of imidazole rings is 2. The molecule has 484 valence electrons. The van der Waals surface area contributed by atoms with Crippen molar-refractivity contribution in [3.05, 3.63) is 150 Å². The van der Waals surface area contributed by atoms with Gasteiger partial charge in [0, 0.05) is 151 Å². The quantitative estimate of drug-likeness (QED) is 0.0372. The number of aryl methyl sites for hydroxylation is 9. The van der Waals surface area contributed by atoms with Crippen LogP contribution in [0.2, 0.25) is 0 Å². The van der Waals surface area contributed by atoms with Gasteiger partial charge < -0.3 is 89.3 Å². The maximum Gasteiger partial charge on any atom is 0.291 e. The number of aromatic nitrogens is 10. The Bertz CT molecular complexity index is 4250. The Balaban J connectivity index is 0.000000237. The summed E-state index contributed by atoms with van der Waals surface area (Å²) in [6.07, 6.45) is 15.3. The van der Waals surface area contributed by atoms with Crippen LogP contribution in [0.25, 0.3) is 22.6 Å². The van der Waals surface area contributed by atoms with Gasteiger partial charge in [-0.1, -0.05) is 0 Å². The van der Waals surface area contributed by atoms with Crippen LogP contribution in [0.5, 0.6) is 0 Å². The van der Waals surface area contributed by atoms with E-state index in [9.17, 15) is 43.2 Å². The van der Waals surface area contributed by atoms with Gasteiger partial charge in [0.25, 0.3) is 41.4 Å². The normalized spacial score (nSPS) is 11.0. The van der Waals surface area contributed by atoms with Crippen LogP contribution < -0.4 is 47.9 Å². The van der Waals surface area contributed by atoms with Gasteiger partial charge in [-0.25, -0.2) is 9.97 Å². The molecule has 0 fully saturated rings. The largest absolute Gasteiger partial charge is 0.359 e. The molecule has 0 aliphatic heterocycles. The third-order valence-corrected chi connectivity index (χ3v) is 14.9. The van der Waals surface area contributed by atoms with Crippen LogP contribution in [-0.2, 0) is 66.0 Å². The molecule has 8 heterocycles. The van der Waals surface area contributed by atoms with E-state index in [0.29, 0.717) is 94.0 Å². The maximum absolute atomic E-state index is 13.2. The summed E-state index contributed by atoms with van der Waals surface area (Å²) in [5, 5.41) is 25.1. The molecule has 0 bridgehead atoms. The van der Waals surface area contributed by atoms with Crippen molar-refractivity contribution >= 4 is 92.6 Å². The lowest BCUT2D eigenvalue weighted by Crippen LogP contribution is -2.32. The first-order chi connectivity index (χ1) is 43.8. The fourth-order valence-corrected chi connectivity index (χ4v) is 10.1. The van der Waals surface area contributed by atoms with Gasteiger partial charge >= 0.3 is 0 Å². The van der Waals surface area contributed by atoms with Crippen LogP contribution in [0.3, 0.4) is 0 Å². The highest BCUT2D eigenvalue weighted by Crippen LogP contribution is 2.29. The number of amides is 9. The van der Waals surface area contributed by atoms with Crippen LogP contribution in [0.1, 0.15) is 105 Å². The van der Waals surface area contributed by atoms with E-state index in [1.54, 1.807) is 156 Å². The Kier molecular flexibility index (Phi) is 21.3. The molecule has 0 saturated carbocycles. The number of hydrogen-bond donors (Lipinski definition) is 9. The highest BCUT2D eigenvalue weighted by molar-refractivity contribution is 6.09. The minimum absolute atomic E-state index is 0.0679. The third-order valence-electron chi connectivity index (χ3n) is 14.9. The number of anilines is 5. The summed E-state index contributed by atoms with van der Waals surface area (Å²) >= 11 is 0. The predicted octanol–water partition coefficient (Wildman–Crippen LogP) is 4.71.